The van der Waals surface area contributed by atoms with Gasteiger partial charge in [0, 0.05) is 42.1 Å². The van der Waals surface area contributed by atoms with Crippen molar-refractivity contribution in [3.05, 3.63) is 34.9 Å². The number of rotatable bonds is 3. The van der Waals surface area contributed by atoms with E-state index in [-0.39, 0.29) is 24.1 Å². The lowest BCUT2D eigenvalue weighted by Crippen LogP contribution is -2.52. The number of nitrogens with one attached hydrogen (secondary N) is 2. The summed E-state index contributed by atoms with van der Waals surface area (Å²) in [5, 5.41) is 6.14. The highest BCUT2D eigenvalue weighted by molar-refractivity contribution is 6.05. The van der Waals surface area contributed by atoms with Gasteiger partial charge in [0.25, 0.3) is 5.91 Å². The molecule has 3 amide bonds. The molecule has 2 heterocycles. The minimum absolute atomic E-state index is 0.139. The molecule has 0 bridgehead atoms. The summed E-state index contributed by atoms with van der Waals surface area (Å²) in [6.07, 6.45) is 9.62. The van der Waals surface area contributed by atoms with Crippen LogP contribution in [0.25, 0.3) is 0 Å². The third-order valence-electron chi connectivity index (χ3n) is 7.16. The van der Waals surface area contributed by atoms with E-state index in [1.807, 2.05) is 18.2 Å². The number of benzene rings is 1. The van der Waals surface area contributed by atoms with Gasteiger partial charge in [-0.05, 0) is 55.9 Å². The molecule has 2 aliphatic carbocycles. The maximum atomic E-state index is 12.8. The number of amides is 3. The molecule has 0 spiro atoms. The molecule has 31 heavy (non-hydrogen) atoms. The summed E-state index contributed by atoms with van der Waals surface area (Å²) < 4.78 is 0. The van der Waals surface area contributed by atoms with Gasteiger partial charge >= 0.3 is 0 Å². The minimum Gasteiger partial charge on any atom is -0.322 e. The van der Waals surface area contributed by atoms with Crippen molar-refractivity contribution in [1.82, 2.24) is 15.5 Å². The summed E-state index contributed by atoms with van der Waals surface area (Å²) in [5.41, 5.74) is 2.46. The van der Waals surface area contributed by atoms with Crippen LogP contribution < -0.4 is 10.6 Å². The fourth-order valence-corrected chi connectivity index (χ4v) is 5.31. The highest BCUT2D eigenvalue weighted by atomic mass is 16.2. The lowest BCUT2D eigenvalue weighted by Gasteiger charge is -2.37. The van der Waals surface area contributed by atoms with E-state index in [1.54, 1.807) is 4.90 Å². The molecule has 6 heteroatoms. The van der Waals surface area contributed by atoms with Gasteiger partial charge in [-0.3, -0.25) is 19.7 Å². The number of imide groups is 1. The SMILES string of the molecule is O=C1CCC(N2Cc3cc(C#C[C@H]4C[C@H](NC5CCCCC5)C4)ccc3C2=O)C(=O)N1. The van der Waals surface area contributed by atoms with Crippen LogP contribution in [-0.4, -0.2) is 40.7 Å². The van der Waals surface area contributed by atoms with E-state index in [0.29, 0.717) is 36.5 Å². The molecule has 1 aromatic rings. The standard InChI is InChI=1S/C25H29N3O3/c29-23-11-10-22(24(30)27-23)28-15-18-12-16(8-9-21(18)25(28)31)6-7-17-13-20(14-17)26-19-4-2-1-3-5-19/h8-9,12,17,19-20,22,26H,1-5,10-11,13-15H2,(H,27,29,30)/t17-,20-,22?. The van der Waals surface area contributed by atoms with Crippen molar-refractivity contribution in [1.29, 1.82) is 0 Å². The van der Waals surface area contributed by atoms with Gasteiger partial charge in [-0.15, -0.1) is 0 Å². The van der Waals surface area contributed by atoms with Gasteiger partial charge < -0.3 is 10.2 Å². The highest BCUT2D eigenvalue weighted by Gasteiger charge is 2.39. The summed E-state index contributed by atoms with van der Waals surface area (Å²) in [7, 11) is 0. The molecule has 0 aromatic heterocycles. The fraction of sp³-hybridized carbons (Fsp3) is 0.560. The third-order valence-corrected chi connectivity index (χ3v) is 7.16. The van der Waals surface area contributed by atoms with Crippen LogP contribution in [-0.2, 0) is 16.1 Å². The normalized spacial score (nSPS) is 28.5. The maximum Gasteiger partial charge on any atom is 0.255 e. The third kappa shape index (κ3) is 4.24. The molecule has 5 rings (SSSR count). The first-order valence-electron chi connectivity index (χ1n) is 11.6. The minimum atomic E-state index is -0.573. The Bertz CT molecular complexity index is 964. The first kappa shape index (κ1) is 20.3. The van der Waals surface area contributed by atoms with Gasteiger partial charge in [-0.25, -0.2) is 0 Å². The van der Waals surface area contributed by atoms with Crippen LogP contribution in [0.4, 0.5) is 0 Å². The van der Waals surface area contributed by atoms with Crippen LogP contribution in [0.2, 0.25) is 0 Å². The van der Waals surface area contributed by atoms with Crippen molar-refractivity contribution in [2.24, 2.45) is 5.92 Å². The smallest absolute Gasteiger partial charge is 0.255 e. The van der Waals surface area contributed by atoms with Gasteiger partial charge in [0.1, 0.15) is 6.04 Å². The van der Waals surface area contributed by atoms with Crippen LogP contribution in [0.15, 0.2) is 18.2 Å². The van der Waals surface area contributed by atoms with E-state index < -0.39 is 6.04 Å². The number of fused-ring (bicyclic) bond motifs is 1. The number of hydrogen-bond donors (Lipinski definition) is 2. The molecule has 2 aliphatic heterocycles. The van der Waals surface area contributed by atoms with Crippen molar-refractivity contribution in [2.45, 2.75) is 82.5 Å². The molecule has 4 aliphatic rings. The van der Waals surface area contributed by atoms with Crippen molar-refractivity contribution in [3.63, 3.8) is 0 Å². The van der Waals surface area contributed by atoms with Gasteiger partial charge in [0.2, 0.25) is 11.8 Å². The van der Waals surface area contributed by atoms with Crippen molar-refractivity contribution < 1.29 is 14.4 Å². The van der Waals surface area contributed by atoms with Crippen LogP contribution in [0, 0.1) is 17.8 Å². The zero-order valence-electron chi connectivity index (χ0n) is 17.8. The van der Waals surface area contributed by atoms with E-state index in [4.69, 9.17) is 0 Å². The van der Waals surface area contributed by atoms with Crippen molar-refractivity contribution >= 4 is 17.7 Å². The number of piperidine rings is 1. The highest BCUT2D eigenvalue weighted by Crippen LogP contribution is 2.30. The molecule has 2 saturated carbocycles. The molecule has 1 saturated heterocycles. The Balaban J connectivity index is 1.18. The Hall–Kier alpha value is -2.65. The number of hydrogen-bond acceptors (Lipinski definition) is 4. The summed E-state index contributed by atoms with van der Waals surface area (Å²) in [6.45, 7) is 0.396. The van der Waals surface area contributed by atoms with Crippen LogP contribution in [0.1, 0.15) is 79.3 Å². The molecule has 162 valence electrons. The summed E-state index contributed by atoms with van der Waals surface area (Å²) in [6, 6.07) is 6.44. The number of carbonyl (C=O) groups is 3. The second-order valence-corrected chi connectivity index (χ2v) is 9.41. The van der Waals surface area contributed by atoms with Gasteiger partial charge in [0.15, 0.2) is 0 Å². The van der Waals surface area contributed by atoms with E-state index in [1.165, 1.54) is 32.1 Å². The lowest BCUT2D eigenvalue weighted by atomic mass is 9.79. The second-order valence-electron chi connectivity index (χ2n) is 9.41. The monoisotopic (exact) mass is 419 g/mol. The predicted molar refractivity (Wildman–Crippen MR) is 116 cm³/mol. The average molecular weight is 420 g/mol. The average Bonchev–Trinajstić information content (AvgIpc) is 3.06. The summed E-state index contributed by atoms with van der Waals surface area (Å²) in [5.74, 6) is 6.35. The second kappa shape index (κ2) is 8.47. The molecule has 1 unspecified atom stereocenters. The largest absolute Gasteiger partial charge is 0.322 e. The van der Waals surface area contributed by atoms with Gasteiger partial charge in [-0.2, -0.15) is 0 Å². The molecule has 3 fully saturated rings. The lowest BCUT2D eigenvalue weighted by molar-refractivity contribution is -0.136. The van der Waals surface area contributed by atoms with Crippen LogP contribution in [0.5, 0.6) is 0 Å². The number of carbonyl (C=O) groups excluding carboxylic acids is 3. The van der Waals surface area contributed by atoms with E-state index in [2.05, 4.69) is 22.5 Å². The zero-order chi connectivity index (χ0) is 21.4. The Labute approximate surface area is 183 Å². The molecular formula is C25H29N3O3. The zero-order valence-corrected chi connectivity index (χ0v) is 17.8. The topological polar surface area (TPSA) is 78.5 Å². The molecule has 2 N–H and O–H groups in total. The predicted octanol–water partition coefficient (Wildman–Crippen LogP) is 2.50. The Kier molecular flexibility index (Phi) is 5.54. The fourth-order valence-electron chi connectivity index (χ4n) is 5.31. The Morgan fingerprint density at radius 3 is 2.58 bits per heavy atom. The molecular weight excluding hydrogens is 390 g/mol. The molecule has 1 atom stereocenters. The van der Waals surface area contributed by atoms with Gasteiger partial charge in [0.05, 0.1) is 0 Å². The Morgan fingerprint density at radius 1 is 1.00 bits per heavy atom. The summed E-state index contributed by atoms with van der Waals surface area (Å²) in [4.78, 5) is 37.9. The van der Waals surface area contributed by atoms with Gasteiger partial charge in [-0.1, -0.05) is 31.1 Å². The van der Waals surface area contributed by atoms with E-state index in [0.717, 1.165) is 24.0 Å². The van der Waals surface area contributed by atoms with Crippen LogP contribution >= 0.6 is 0 Å². The molecule has 6 nitrogen and oxygen atoms in total. The van der Waals surface area contributed by atoms with E-state index >= 15 is 0 Å². The quantitative estimate of drug-likeness (QED) is 0.583. The van der Waals surface area contributed by atoms with Crippen molar-refractivity contribution in [2.75, 3.05) is 0 Å². The Morgan fingerprint density at radius 2 is 1.81 bits per heavy atom. The summed E-state index contributed by atoms with van der Waals surface area (Å²) >= 11 is 0. The first-order valence-corrected chi connectivity index (χ1v) is 11.6. The molecule has 1 aromatic carbocycles. The maximum absolute atomic E-state index is 12.8. The molecule has 0 radical (unpaired) electrons. The number of nitrogens with zero attached hydrogens (tertiary/aromatic N) is 1. The van der Waals surface area contributed by atoms with Crippen molar-refractivity contribution in [3.8, 4) is 11.8 Å². The first-order chi connectivity index (χ1) is 15.1. The van der Waals surface area contributed by atoms with E-state index in [9.17, 15) is 14.4 Å². The van der Waals surface area contributed by atoms with Crippen LogP contribution in [0.3, 0.4) is 0 Å².